The Morgan fingerprint density at radius 3 is 2.08 bits per heavy atom. The molecule has 13 heteroatoms. The number of aliphatic carboxylic acids is 1. The zero-order chi connectivity index (χ0) is 37.8. The van der Waals surface area contributed by atoms with E-state index in [-0.39, 0.29) is 36.4 Å². The smallest absolute Gasteiger partial charge is 0.407 e. The SMILES string of the molecule is COC(=O)N[C@H](C(=O)N1CCC[C@H]1c1ncc(-c2ccc(-c3ccc(-c4cnc(C5=C(C(=O)N(CC(=O)O)C(C)C)CCC5)[nH]4)cc3)cc2)[nH]1)C(C)C. The van der Waals surface area contributed by atoms with Crippen molar-refractivity contribution in [2.24, 2.45) is 5.92 Å². The number of H-pyrrole nitrogens is 2. The third-order valence-corrected chi connectivity index (χ3v) is 10.1. The van der Waals surface area contributed by atoms with Crippen molar-refractivity contribution >= 4 is 29.5 Å². The standard InChI is InChI=1S/C40H47N7O6/c1-23(2)35(45-40(52)53-5)39(51)46-19-7-10-33(46)37-42-21-32(44-37)28-17-13-26(14-18-28)25-11-15-27(16-12-25)31-20-41-36(43-31)29-8-6-9-30(29)38(50)47(24(3)4)22-34(48)49/h11-18,20-21,23-24,33,35H,6-10,19,22H2,1-5H3,(H,41,43)(H,42,44)(H,45,52)(H,48,49)/t33-,35-/m0/s1. The molecule has 1 saturated heterocycles. The number of carbonyl (C=O) groups is 4. The average Bonchev–Trinajstić information content (AvgIpc) is 3.98. The van der Waals surface area contributed by atoms with Crippen molar-refractivity contribution in [3.05, 3.63) is 78.1 Å². The Labute approximate surface area is 308 Å². The fraction of sp³-hybridized carbons (Fsp3) is 0.400. The molecule has 278 valence electrons. The molecule has 2 aromatic carbocycles. The van der Waals surface area contributed by atoms with Crippen LogP contribution in [0.15, 0.2) is 66.5 Å². The number of hydrogen-bond acceptors (Lipinski definition) is 7. The van der Waals surface area contributed by atoms with Crippen LogP contribution in [0.3, 0.4) is 0 Å². The van der Waals surface area contributed by atoms with Gasteiger partial charge < -0.3 is 34.9 Å². The normalized spacial score (nSPS) is 16.4. The summed E-state index contributed by atoms with van der Waals surface area (Å²) < 4.78 is 4.75. The monoisotopic (exact) mass is 721 g/mol. The highest BCUT2D eigenvalue weighted by Crippen LogP contribution is 2.36. The molecule has 1 aliphatic carbocycles. The van der Waals surface area contributed by atoms with Crippen LogP contribution in [0.2, 0.25) is 0 Å². The molecule has 0 spiro atoms. The van der Waals surface area contributed by atoms with Crippen LogP contribution >= 0.6 is 0 Å². The lowest BCUT2D eigenvalue weighted by atomic mass is 10.0. The van der Waals surface area contributed by atoms with E-state index < -0.39 is 18.1 Å². The highest BCUT2D eigenvalue weighted by molar-refractivity contribution is 6.02. The Bertz CT molecular complexity index is 1990. The lowest BCUT2D eigenvalue weighted by Gasteiger charge is -2.30. The third kappa shape index (κ3) is 8.03. The number of aromatic nitrogens is 4. The maximum atomic E-state index is 13.5. The van der Waals surface area contributed by atoms with Gasteiger partial charge in [-0.05, 0) is 74.1 Å². The number of nitrogens with one attached hydrogen (secondary N) is 3. The van der Waals surface area contributed by atoms with E-state index >= 15 is 0 Å². The summed E-state index contributed by atoms with van der Waals surface area (Å²) in [7, 11) is 1.29. The average molecular weight is 722 g/mol. The van der Waals surface area contributed by atoms with Gasteiger partial charge in [-0.25, -0.2) is 14.8 Å². The van der Waals surface area contributed by atoms with E-state index in [2.05, 4.69) is 49.5 Å². The van der Waals surface area contributed by atoms with Crippen molar-refractivity contribution in [2.45, 2.75) is 77.9 Å². The molecule has 0 radical (unpaired) electrons. The second-order valence-corrected chi connectivity index (χ2v) is 14.3. The number of rotatable bonds is 12. The van der Waals surface area contributed by atoms with E-state index in [1.54, 1.807) is 17.3 Å². The van der Waals surface area contributed by atoms with E-state index in [4.69, 9.17) is 4.74 Å². The Balaban J connectivity index is 1.13. The number of ether oxygens (including phenoxy) is 1. The second kappa shape index (κ2) is 15.9. The van der Waals surface area contributed by atoms with Gasteiger partial charge in [0, 0.05) is 23.7 Å². The van der Waals surface area contributed by atoms with Crippen LogP contribution in [-0.2, 0) is 19.1 Å². The summed E-state index contributed by atoms with van der Waals surface area (Å²) in [6.45, 7) is 7.69. The number of carboxylic acid groups (broad SMARTS) is 1. The molecule has 3 amide bonds. The Hall–Kier alpha value is -5.72. The van der Waals surface area contributed by atoms with Crippen molar-refractivity contribution in [1.82, 2.24) is 35.1 Å². The van der Waals surface area contributed by atoms with Crippen molar-refractivity contribution in [3.8, 4) is 33.6 Å². The minimum absolute atomic E-state index is 0.107. The molecule has 3 heterocycles. The number of likely N-dealkylation sites (tertiary alicyclic amines) is 1. The molecule has 1 fully saturated rings. The van der Waals surface area contributed by atoms with Crippen molar-refractivity contribution in [1.29, 1.82) is 0 Å². The summed E-state index contributed by atoms with van der Waals surface area (Å²) in [5, 5.41) is 12.0. The summed E-state index contributed by atoms with van der Waals surface area (Å²) in [5.74, 6) is -0.164. The number of allylic oxidation sites excluding steroid dienone is 1. The quantitative estimate of drug-likeness (QED) is 0.129. The number of alkyl carbamates (subject to hydrolysis) is 1. The van der Waals surface area contributed by atoms with Crippen LogP contribution in [0.4, 0.5) is 4.79 Å². The number of amides is 3. The van der Waals surface area contributed by atoms with Gasteiger partial charge in [-0.1, -0.05) is 62.4 Å². The lowest BCUT2D eigenvalue weighted by Crippen LogP contribution is -2.51. The van der Waals surface area contributed by atoms with Gasteiger partial charge in [0.2, 0.25) is 5.91 Å². The van der Waals surface area contributed by atoms with Gasteiger partial charge in [-0.2, -0.15) is 0 Å². The first kappa shape index (κ1) is 37.1. The molecule has 4 N–H and O–H groups in total. The molecule has 2 aromatic heterocycles. The summed E-state index contributed by atoms with van der Waals surface area (Å²) >= 11 is 0. The minimum atomic E-state index is -1.03. The van der Waals surface area contributed by atoms with Crippen LogP contribution < -0.4 is 5.32 Å². The fourth-order valence-electron chi connectivity index (χ4n) is 7.20. The molecule has 53 heavy (non-hydrogen) atoms. The van der Waals surface area contributed by atoms with E-state index in [1.807, 2.05) is 52.0 Å². The van der Waals surface area contributed by atoms with E-state index in [9.17, 15) is 24.3 Å². The van der Waals surface area contributed by atoms with Gasteiger partial charge in [0.05, 0.1) is 36.9 Å². The molecular formula is C40H47N7O6. The number of benzene rings is 2. The third-order valence-electron chi connectivity index (χ3n) is 10.1. The molecule has 2 aliphatic rings. The van der Waals surface area contributed by atoms with Crippen molar-refractivity contribution < 1.29 is 29.0 Å². The second-order valence-electron chi connectivity index (χ2n) is 14.3. The number of nitrogens with zero attached hydrogens (tertiary/aromatic N) is 4. The first-order chi connectivity index (χ1) is 25.4. The lowest BCUT2D eigenvalue weighted by molar-refractivity contribution is -0.144. The van der Waals surface area contributed by atoms with Crippen molar-refractivity contribution in [2.75, 3.05) is 20.2 Å². The summed E-state index contributed by atoms with van der Waals surface area (Å²) in [6, 6.07) is 15.2. The Morgan fingerprint density at radius 1 is 0.887 bits per heavy atom. The van der Waals surface area contributed by atoms with Crippen LogP contribution in [0.1, 0.15) is 77.5 Å². The molecule has 0 saturated carbocycles. The molecule has 0 bridgehead atoms. The highest BCUT2D eigenvalue weighted by atomic mass is 16.5. The van der Waals surface area contributed by atoms with Gasteiger partial charge in [-0.3, -0.25) is 14.4 Å². The zero-order valence-electron chi connectivity index (χ0n) is 30.8. The first-order valence-corrected chi connectivity index (χ1v) is 18.2. The number of hydrogen-bond donors (Lipinski definition) is 4. The number of methoxy groups -OCH3 is 1. The zero-order valence-corrected chi connectivity index (χ0v) is 30.8. The Kier molecular flexibility index (Phi) is 11.1. The molecule has 4 aromatic rings. The maximum Gasteiger partial charge on any atom is 0.407 e. The number of carbonyl (C=O) groups excluding carboxylic acids is 3. The van der Waals surface area contributed by atoms with Gasteiger partial charge in [-0.15, -0.1) is 0 Å². The van der Waals surface area contributed by atoms with Crippen molar-refractivity contribution in [3.63, 3.8) is 0 Å². The molecule has 0 unspecified atom stereocenters. The van der Waals surface area contributed by atoms with Gasteiger partial charge in [0.25, 0.3) is 5.91 Å². The summed E-state index contributed by atoms with van der Waals surface area (Å²) in [5.41, 5.74) is 7.18. The first-order valence-electron chi connectivity index (χ1n) is 18.2. The van der Waals surface area contributed by atoms with E-state index in [1.165, 1.54) is 12.0 Å². The number of aromatic amines is 2. The van der Waals surface area contributed by atoms with Crippen LogP contribution in [0.5, 0.6) is 0 Å². The van der Waals surface area contributed by atoms with Gasteiger partial charge >= 0.3 is 12.1 Å². The molecule has 2 atom stereocenters. The Morgan fingerprint density at radius 2 is 1.49 bits per heavy atom. The molecule has 1 aliphatic heterocycles. The predicted molar refractivity (Wildman–Crippen MR) is 200 cm³/mol. The van der Waals surface area contributed by atoms with Crippen LogP contribution in [0.25, 0.3) is 39.2 Å². The largest absolute Gasteiger partial charge is 0.480 e. The summed E-state index contributed by atoms with van der Waals surface area (Å²) in [4.78, 5) is 69.5. The fourth-order valence-corrected chi connectivity index (χ4v) is 7.20. The van der Waals surface area contributed by atoms with E-state index in [0.29, 0.717) is 30.8 Å². The predicted octanol–water partition coefficient (Wildman–Crippen LogP) is 6.44. The molecular weight excluding hydrogens is 674 g/mol. The summed E-state index contributed by atoms with van der Waals surface area (Å²) in [6.07, 6.45) is 6.68. The minimum Gasteiger partial charge on any atom is -0.480 e. The molecule has 13 nitrogen and oxygen atoms in total. The van der Waals surface area contributed by atoms with Gasteiger partial charge in [0.1, 0.15) is 24.2 Å². The number of imidazole rings is 2. The molecule has 6 rings (SSSR count). The highest BCUT2D eigenvalue weighted by Gasteiger charge is 2.37. The van der Waals surface area contributed by atoms with Gasteiger partial charge in [0.15, 0.2) is 0 Å². The number of carboxylic acids is 1. The van der Waals surface area contributed by atoms with Crippen LogP contribution in [0, 0.1) is 5.92 Å². The maximum absolute atomic E-state index is 13.5. The van der Waals surface area contributed by atoms with E-state index in [0.717, 1.165) is 64.3 Å². The topological polar surface area (TPSA) is 174 Å². The van der Waals surface area contributed by atoms with Crippen LogP contribution in [-0.4, -0.2) is 91.0 Å².